The van der Waals surface area contributed by atoms with Crippen LogP contribution in [0.5, 0.6) is 0 Å². The molecule has 0 aromatic heterocycles. The standard InChI is InChI=1S/C14H16BrN/c1-2-3-7-16-14-9-12(10-14)11-5-4-6-13(15)8-11/h4-6,8,12,14,16H,7,9-10H2,1H3. The Labute approximate surface area is 106 Å². The van der Waals surface area contributed by atoms with E-state index in [0.717, 1.165) is 12.5 Å². The van der Waals surface area contributed by atoms with Gasteiger partial charge in [0.15, 0.2) is 0 Å². The molecular formula is C14H16BrN. The summed E-state index contributed by atoms with van der Waals surface area (Å²) in [7, 11) is 0. The summed E-state index contributed by atoms with van der Waals surface area (Å²) in [5.74, 6) is 6.67. The second-order valence-electron chi connectivity index (χ2n) is 4.23. The van der Waals surface area contributed by atoms with Gasteiger partial charge in [0.2, 0.25) is 0 Å². The van der Waals surface area contributed by atoms with E-state index in [1.54, 1.807) is 0 Å². The van der Waals surface area contributed by atoms with Crippen LogP contribution in [0.4, 0.5) is 0 Å². The molecule has 0 spiro atoms. The van der Waals surface area contributed by atoms with Crippen LogP contribution in [-0.4, -0.2) is 12.6 Å². The average molecular weight is 278 g/mol. The Balaban J connectivity index is 1.81. The van der Waals surface area contributed by atoms with Gasteiger partial charge in [0, 0.05) is 10.5 Å². The molecule has 0 saturated heterocycles. The van der Waals surface area contributed by atoms with E-state index in [2.05, 4.69) is 57.4 Å². The predicted octanol–water partition coefficient (Wildman–Crippen LogP) is 3.31. The number of halogens is 1. The minimum atomic E-state index is 0.657. The van der Waals surface area contributed by atoms with E-state index in [4.69, 9.17) is 0 Å². The number of benzene rings is 1. The average Bonchev–Trinajstić information content (AvgIpc) is 2.21. The first-order valence-corrected chi connectivity index (χ1v) is 6.47. The Hall–Kier alpha value is -0.780. The maximum Gasteiger partial charge on any atom is 0.0578 e. The van der Waals surface area contributed by atoms with Gasteiger partial charge in [0.05, 0.1) is 6.54 Å². The normalized spacial score (nSPS) is 23.1. The van der Waals surface area contributed by atoms with Gasteiger partial charge in [-0.3, -0.25) is 0 Å². The molecule has 1 nitrogen and oxygen atoms in total. The molecule has 16 heavy (non-hydrogen) atoms. The molecule has 0 radical (unpaired) electrons. The Kier molecular flexibility index (Phi) is 4.04. The van der Waals surface area contributed by atoms with Crippen LogP contribution >= 0.6 is 15.9 Å². The van der Waals surface area contributed by atoms with Gasteiger partial charge in [0.25, 0.3) is 0 Å². The van der Waals surface area contributed by atoms with Crippen molar-refractivity contribution in [2.45, 2.75) is 31.7 Å². The van der Waals surface area contributed by atoms with Crippen molar-refractivity contribution in [3.8, 4) is 11.8 Å². The lowest BCUT2D eigenvalue weighted by Gasteiger charge is -2.36. The largest absolute Gasteiger partial charge is 0.303 e. The highest BCUT2D eigenvalue weighted by atomic mass is 79.9. The highest BCUT2D eigenvalue weighted by molar-refractivity contribution is 9.10. The van der Waals surface area contributed by atoms with Crippen LogP contribution in [0.2, 0.25) is 0 Å². The molecule has 1 saturated carbocycles. The molecule has 1 aliphatic carbocycles. The second-order valence-corrected chi connectivity index (χ2v) is 5.14. The molecule has 1 aliphatic rings. The zero-order chi connectivity index (χ0) is 11.4. The molecule has 1 N–H and O–H groups in total. The van der Waals surface area contributed by atoms with Gasteiger partial charge in [-0.1, -0.05) is 34.0 Å². The summed E-state index contributed by atoms with van der Waals surface area (Å²) in [6, 6.07) is 9.30. The summed E-state index contributed by atoms with van der Waals surface area (Å²) < 4.78 is 1.18. The fourth-order valence-corrected chi connectivity index (χ4v) is 2.52. The molecule has 1 aromatic carbocycles. The van der Waals surface area contributed by atoms with Crippen molar-refractivity contribution in [3.05, 3.63) is 34.3 Å². The molecule has 0 atom stereocenters. The molecule has 0 bridgehead atoms. The predicted molar refractivity (Wildman–Crippen MR) is 71.4 cm³/mol. The molecule has 0 unspecified atom stereocenters. The Morgan fingerprint density at radius 3 is 2.94 bits per heavy atom. The van der Waals surface area contributed by atoms with Crippen LogP contribution in [0.25, 0.3) is 0 Å². The number of rotatable bonds is 3. The lowest BCUT2D eigenvalue weighted by molar-refractivity contribution is 0.301. The number of nitrogens with one attached hydrogen (secondary N) is 1. The molecule has 2 heteroatoms. The molecular weight excluding hydrogens is 262 g/mol. The first kappa shape index (κ1) is 11.7. The van der Waals surface area contributed by atoms with E-state index in [1.807, 2.05) is 6.92 Å². The molecule has 84 valence electrons. The number of hydrogen-bond acceptors (Lipinski definition) is 1. The van der Waals surface area contributed by atoms with E-state index in [1.165, 1.54) is 22.9 Å². The summed E-state index contributed by atoms with van der Waals surface area (Å²) in [4.78, 5) is 0. The van der Waals surface area contributed by atoms with E-state index in [0.29, 0.717) is 6.04 Å². The van der Waals surface area contributed by atoms with E-state index in [9.17, 15) is 0 Å². The minimum absolute atomic E-state index is 0.657. The van der Waals surface area contributed by atoms with Crippen LogP contribution in [-0.2, 0) is 0 Å². The Morgan fingerprint density at radius 2 is 2.25 bits per heavy atom. The fourth-order valence-electron chi connectivity index (χ4n) is 2.10. The number of hydrogen-bond donors (Lipinski definition) is 1. The molecule has 0 amide bonds. The molecule has 1 fully saturated rings. The third kappa shape index (κ3) is 2.87. The summed E-state index contributed by atoms with van der Waals surface area (Å²) >= 11 is 3.52. The van der Waals surface area contributed by atoms with Gasteiger partial charge in [0.1, 0.15) is 0 Å². The van der Waals surface area contributed by atoms with Crippen molar-refractivity contribution in [2.75, 3.05) is 6.54 Å². The Morgan fingerprint density at radius 1 is 1.44 bits per heavy atom. The fraction of sp³-hybridized carbons (Fsp3) is 0.429. The van der Waals surface area contributed by atoms with Gasteiger partial charge in [-0.05, 0) is 43.4 Å². The highest BCUT2D eigenvalue weighted by Crippen LogP contribution is 2.37. The second kappa shape index (κ2) is 5.52. The quantitative estimate of drug-likeness (QED) is 0.836. The van der Waals surface area contributed by atoms with Crippen molar-refractivity contribution < 1.29 is 0 Å². The highest BCUT2D eigenvalue weighted by Gasteiger charge is 2.29. The summed E-state index contributed by atoms with van der Waals surface area (Å²) in [5.41, 5.74) is 1.45. The summed E-state index contributed by atoms with van der Waals surface area (Å²) in [6.07, 6.45) is 2.48. The third-order valence-corrected chi connectivity index (χ3v) is 3.61. The first-order valence-electron chi connectivity index (χ1n) is 5.68. The topological polar surface area (TPSA) is 12.0 Å². The monoisotopic (exact) mass is 277 g/mol. The van der Waals surface area contributed by atoms with Gasteiger partial charge in [-0.2, -0.15) is 0 Å². The van der Waals surface area contributed by atoms with Crippen LogP contribution in [0.15, 0.2) is 28.7 Å². The maximum absolute atomic E-state index is 3.52. The van der Waals surface area contributed by atoms with Crippen molar-refractivity contribution >= 4 is 15.9 Å². The van der Waals surface area contributed by atoms with Crippen molar-refractivity contribution in [1.29, 1.82) is 0 Å². The maximum atomic E-state index is 3.52. The van der Waals surface area contributed by atoms with Crippen LogP contribution in [0.3, 0.4) is 0 Å². The van der Waals surface area contributed by atoms with Crippen LogP contribution in [0.1, 0.15) is 31.2 Å². The molecule has 1 aromatic rings. The van der Waals surface area contributed by atoms with Crippen LogP contribution < -0.4 is 5.32 Å². The minimum Gasteiger partial charge on any atom is -0.303 e. The van der Waals surface area contributed by atoms with E-state index < -0.39 is 0 Å². The SMILES string of the molecule is CC#CCNC1CC(c2cccc(Br)c2)C1. The smallest absolute Gasteiger partial charge is 0.0578 e. The van der Waals surface area contributed by atoms with Crippen molar-refractivity contribution in [3.63, 3.8) is 0 Å². The van der Waals surface area contributed by atoms with Crippen molar-refractivity contribution in [1.82, 2.24) is 5.32 Å². The van der Waals surface area contributed by atoms with Gasteiger partial charge >= 0.3 is 0 Å². The Bertz CT molecular complexity index is 410. The van der Waals surface area contributed by atoms with Gasteiger partial charge < -0.3 is 5.32 Å². The zero-order valence-electron chi connectivity index (χ0n) is 9.46. The van der Waals surface area contributed by atoms with Gasteiger partial charge in [-0.15, -0.1) is 5.92 Å². The molecule has 0 aliphatic heterocycles. The zero-order valence-corrected chi connectivity index (χ0v) is 11.0. The summed E-state index contributed by atoms with van der Waals surface area (Å²) in [5, 5.41) is 3.45. The van der Waals surface area contributed by atoms with Crippen LogP contribution in [0, 0.1) is 11.8 Å². The molecule has 0 heterocycles. The van der Waals surface area contributed by atoms with E-state index >= 15 is 0 Å². The summed E-state index contributed by atoms with van der Waals surface area (Å²) in [6.45, 7) is 2.71. The van der Waals surface area contributed by atoms with Crippen molar-refractivity contribution in [2.24, 2.45) is 0 Å². The molecule has 2 rings (SSSR count). The van der Waals surface area contributed by atoms with Gasteiger partial charge in [-0.25, -0.2) is 0 Å². The lowest BCUT2D eigenvalue weighted by atomic mass is 9.76. The third-order valence-electron chi connectivity index (χ3n) is 3.11. The lowest BCUT2D eigenvalue weighted by Crippen LogP contribution is -2.40. The van der Waals surface area contributed by atoms with E-state index in [-0.39, 0.29) is 0 Å². The first-order chi connectivity index (χ1) is 7.79.